The Morgan fingerprint density at radius 1 is 1.40 bits per heavy atom. The molecule has 134 valence electrons. The highest BCUT2D eigenvalue weighted by Crippen LogP contribution is 2.43. The molecule has 2 aromatic rings. The molecule has 0 aliphatic heterocycles. The molecule has 0 bridgehead atoms. The highest BCUT2D eigenvalue weighted by atomic mass is 32.1. The smallest absolute Gasteiger partial charge is 0.261 e. The Morgan fingerprint density at radius 2 is 2.16 bits per heavy atom. The van der Waals surface area contributed by atoms with Crippen molar-refractivity contribution in [1.82, 2.24) is 5.32 Å². The third-order valence-electron chi connectivity index (χ3n) is 5.64. The van der Waals surface area contributed by atoms with Crippen LogP contribution < -0.4 is 15.8 Å². The van der Waals surface area contributed by atoms with Crippen LogP contribution >= 0.6 is 11.3 Å². The number of carbonyl (C=O) groups excluding carboxylic acids is 1. The average Bonchev–Trinajstić information content (AvgIpc) is 3.05. The zero-order valence-electron chi connectivity index (χ0n) is 14.7. The van der Waals surface area contributed by atoms with E-state index in [0.717, 1.165) is 33.6 Å². The molecule has 1 heterocycles. The van der Waals surface area contributed by atoms with E-state index in [2.05, 4.69) is 5.32 Å². The molecule has 3 N–H and O–H groups in total. The Morgan fingerprint density at radius 3 is 2.84 bits per heavy atom. The number of carbonyl (C=O) groups is 1. The number of fused-ring (bicyclic) bond motifs is 1. The van der Waals surface area contributed by atoms with Crippen molar-refractivity contribution < 1.29 is 9.53 Å². The lowest BCUT2D eigenvalue weighted by Gasteiger charge is -2.30. The predicted molar refractivity (Wildman–Crippen MR) is 102 cm³/mol. The minimum absolute atomic E-state index is 0.0114. The number of nitrogens with two attached hydrogens (primary N) is 1. The topological polar surface area (TPSA) is 64.3 Å². The van der Waals surface area contributed by atoms with Gasteiger partial charge in [0.25, 0.3) is 5.91 Å². The van der Waals surface area contributed by atoms with Gasteiger partial charge in [0.2, 0.25) is 0 Å². The van der Waals surface area contributed by atoms with Gasteiger partial charge >= 0.3 is 0 Å². The first-order valence-corrected chi connectivity index (χ1v) is 10.2. The number of ether oxygens (including phenoxy) is 1. The Labute approximate surface area is 152 Å². The van der Waals surface area contributed by atoms with Crippen LogP contribution in [-0.4, -0.2) is 24.1 Å². The highest BCUT2D eigenvalue weighted by Gasteiger charge is 2.50. The zero-order chi connectivity index (χ0) is 17.4. The monoisotopic (exact) mass is 358 g/mol. The maximum Gasteiger partial charge on any atom is 0.261 e. The van der Waals surface area contributed by atoms with Crippen LogP contribution in [0.4, 0.5) is 0 Å². The number of rotatable bonds is 6. The van der Waals surface area contributed by atoms with Gasteiger partial charge in [0, 0.05) is 11.6 Å². The Bertz CT molecular complexity index is 775. The summed E-state index contributed by atoms with van der Waals surface area (Å²) >= 11 is 1.51. The quantitative estimate of drug-likeness (QED) is 0.818. The van der Waals surface area contributed by atoms with Crippen molar-refractivity contribution in [2.75, 3.05) is 6.61 Å². The summed E-state index contributed by atoms with van der Waals surface area (Å²) in [5.41, 5.74) is 6.32. The maximum absolute atomic E-state index is 12.9. The van der Waals surface area contributed by atoms with Gasteiger partial charge in [0.15, 0.2) is 0 Å². The highest BCUT2D eigenvalue weighted by molar-refractivity contribution is 7.21. The van der Waals surface area contributed by atoms with Crippen LogP contribution in [-0.2, 0) is 0 Å². The molecule has 1 unspecified atom stereocenters. The fourth-order valence-electron chi connectivity index (χ4n) is 4.11. The summed E-state index contributed by atoms with van der Waals surface area (Å²) in [5, 5.41) is 4.36. The second-order valence-electron chi connectivity index (χ2n) is 7.45. The number of nitrogens with one attached hydrogen (secondary N) is 1. The van der Waals surface area contributed by atoms with E-state index in [1.54, 1.807) is 0 Å². The van der Waals surface area contributed by atoms with Gasteiger partial charge in [-0.25, -0.2) is 0 Å². The van der Waals surface area contributed by atoms with Gasteiger partial charge in [-0.2, -0.15) is 0 Å². The van der Waals surface area contributed by atoms with Crippen molar-refractivity contribution in [3.8, 4) is 5.75 Å². The lowest BCUT2D eigenvalue weighted by Crippen LogP contribution is -2.53. The lowest BCUT2D eigenvalue weighted by atomic mass is 9.90. The van der Waals surface area contributed by atoms with Gasteiger partial charge < -0.3 is 15.8 Å². The molecule has 4 nitrogen and oxygen atoms in total. The van der Waals surface area contributed by atoms with Gasteiger partial charge in [-0.3, -0.25) is 4.79 Å². The van der Waals surface area contributed by atoms with Gasteiger partial charge in [0.1, 0.15) is 5.75 Å². The van der Waals surface area contributed by atoms with Crippen LogP contribution in [0.3, 0.4) is 0 Å². The summed E-state index contributed by atoms with van der Waals surface area (Å²) in [6.45, 7) is 2.60. The SMILES string of the molecule is CCOc1cccc2cc(C(=O)NC(C3CCCC3)C3(N)CC3)sc12. The molecule has 0 radical (unpaired) electrons. The van der Waals surface area contributed by atoms with Gasteiger partial charge in [0.05, 0.1) is 16.2 Å². The third kappa shape index (κ3) is 3.27. The molecule has 2 saturated carbocycles. The van der Waals surface area contributed by atoms with Crippen LogP contribution in [0.1, 0.15) is 55.1 Å². The average molecular weight is 359 g/mol. The predicted octanol–water partition coefficient (Wildman–Crippen LogP) is 4.08. The molecule has 0 spiro atoms. The van der Waals surface area contributed by atoms with Crippen LogP contribution in [0.5, 0.6) is 5.75 Å². The Balaban J connectivity index is 1.57. The zero-order valence-corrected chi connectivity index (χ0v) is 15.5. The summed E-state index contributed by atoms with van der Waals surface area (Å²) in [4.78, 5) is 13.7. The standard InChI is InChI=1S/C20H26N2O2S/c1-2-24-15-9-5-8-14-12-16(25-17(14)15)19(23)22-18(20(21)10-11-20)13-6-3-4-7-13/h5,8-9,12-13,18H,2-4,6-7,10-11,21H2,1H3,(H,22,23). The number of hydrogen-bond acceptors (Lipinski definition) is 4. The van der Waals surface area contributed by atoms with Crippen LogP contribution in [0.25, 0.3) is 10.1 Å². The van der Waals surface area contributed by atoms with Crippen molar-refractivity contribution >= 4 is 27.3 Å². The first-order valence-electron chi connectivity index (χ1n) is 9.36. The molecule has 1 amide bonds. The second-order valence-corrected chi connectivity index (χ2v) is 8.50. The van der Waals surface area contributed by atoms with E-state index in [4.69, 9.17) is 10.5 Å². The molecule has 4 rings (SSSR count). The van der Waals surface area contributed by atoms with Crippen molar-refractivity contribution in [2.45, 2.75) is 57.0 Å². The largest absolute Gasteiger partial charge is 0.492 e. The second kappa shape index (κ2) is 6.61. The van der Waals surface area contributed by atoms with Crippen LogP contribution in [0, 0.1) is 5.92 Å². The summed E-state index contributed by atoms with van der Waals surface area (Å²) in [6.07, 6.45) is 6.93. The molecule has 25 heavy (non-hydrogen) atoms. The number of amides is 1. The molecule has 1 atom stereocenters. The van der Waals surface area contributed by atoms with Crippen LogP contribution in [0.15, 0.2) is 24.3 Å². The third-order valence-corrected chi connectivity index (χ3v) is 6.80. The molecule has 5 heteroatoms. The molecule has 2 fully saturated rings. The van der Waals surface area contributed by atoms with Gasteiger partial charge in [-0.1, -0.05) is 25.0 Å². The molecule has 0 saturated heterocycles. The van der Waals surface area contributed by atoms with Crippen molar-refractivity contribution in [2.24, 2.45) is 11.7 Å². The van der Waals surface area contributed by atoms with E-state index in [0.29, 0.717) is 12.5 Å². The molecule has 2 aliphatic rings. The lowest BCUT2D eigenvalue weighted by molar-refractivity contribution is 0.0912. The van der Waals surface area contributed by atoms with Crippen molar-refractivity contribution in [3.63, 3.8) is 0 Å². The number of benzene rings is 1. The van der Waals surface area contributed by atoms with Crippen LogP contribution in [0.2, 0.25) is 0 Å². The van der Waals surface area contributed by atoms with Gasteiger partial charge in [-0.05, 0) is 56.0 Å². The summed E-state index contributed by atoms with van der Waals surface area (Å²) in [7, 11) is 0. The maximum atomic E-state index is 12.9. The number of thiophene rings is 1. The molecule has 2 aliphatic carbocycles. The van der Waals surface area contributed by atoms with Crippen molar-refractivity contribution in [3.05, 3.63) is 29.1 Å². The summed E-state index contributed by atoms with van der Waals surface area (Å²) in [5.74, 6) is 1.40. The first-order chi connectivity index (χ1) is 12.1. The minimum Gasteiger partial charge on any atom is -0.492 e. The van der Waals surface area contributed by atoms with E-state index in [9.17, 15) is 4.79 Å². The fourth-order valence-corrected chi connectivity index (χ4v) is 5.14. The first kappa shape index (κ1) is 16.9. The molecule has 1 aromatic carbocycles. The minimum atomic E-state index is -0.183. The molecular formula is C20H26N2O2S. The Hall–Kier alpha value is -1.59. The normalized spacial score (nSPS) is 20.6. The van der Waals surface area contributed by atoms with E-state index in [-0.39, 0.29) is 17.5 Å². The van der Waals surface area contributed by atoms with Gasteiger partial charge in [-0.15, -0.1) is 11.3 Å². The summed E-state index contributed by atoms with van der Waals surface area (Å²) < 4.78 is 6.74. The van der Waals surface area contributed by atoms with E-state index >= 15 is 0 Å². The Kier molecular flexibility index (Phi) is 4.46. The van der Waals surface area contributed by atoms with Crippen molar-refractivity contribution in [1.29, 1.82) is 0 Å². The van der Waals surface area contributed by atoms with E-state index < -0.39 is 0 Å². The van der Waals surface area contributed by atoms with E-state index in [1.165, 1.54) is 37.0 Å². The fraction of sp³-hybridized carbons (Fsp3) is 0.550. The molecular weight excluding hydrogens is 332 g/mol. The number of hydrogen-bond donors (Lipinski definition) is 2. The van der Waals surface area contributed by atoms with E-state index in [1.807, 2.05) is 31.2 Å². The summed E-state index contributed by atoms with van der Waals surface area (Å²) in [6, 6.07) is 8.05. The molecule has 1 aromatic heterocycles.